The van der Waals surface area contributed by atoms with Crippen molar-refractivity contribution in [3.63, 3.8) is 0 Å². The minimum absolute atomic E-state index is 0. The van der Waals surface area contributed by atoms with Gasteiger partial charge in [-0.15, -0.1) is 24.0 Å². The van der Waals surface area contributed by atoms with Gasteiger partial charge in [0.2, 0.25) is 0 Å². The average Bonchev–Trinajstić information content (AvgIpc) is 3.25. The summed E-state index contributed by atoms with van der Waals surface area (Å²) >= 11 is 0. The first-order valence-corrected chi connectivity index (χ1v) is 10.3. The van der Waals surface area contributed by atoms with Crippen molar-refractivity contribution in [3.8, 4) is 0 Å². The predicted octanol–water partition coefficient (Wildman–Crippen LogP) is 3.29. The summed E-state index contributed by atoms with van der Waals surface area (Å²) in [5.74, 6) is 1.70. The number of likely N-dealkylation sites (N-methyl/N-ethyl adjacent to an activating group) is 1. The van der Waals surface area contributed by atoms with E-state index in [1.807, 2.05) is 12.1 Å². The molecule has 2 aromatic rings. The fourth-order valence-corrected chi connectivity index (χ4v) is 3.37. The Balaban J connectivity index is 0.00000300. The number of nitrogens with zero attached hydrogens (tertiary/aromatic N) is 3. The van der Waals surface area contributed by atoms with Gasteiger partial charge in [-0.25, -0.2) is 4.99 Å². The Labute approximate surface area is 191 Å². The summed E-state index contributed by atoms with van der Waals surface area (Å²) in [6.07, 6.45) is 1.69. The molecular weight excluding hydrogens is 477 g/mol. The van der Waals surface area contributed by atoms with E-state index in [-0.39, 0.29) is 24.0 Å². The van der Waals surface area contributed by atoms with Gasteiger partial charge in [0.25, 0.3) is 0 Å². The summed E-state index contributed by atoms with van der Waals surface area (Å²) in [7, 11) is 0. The van der Waals surface area contributed by atoms with Gasteiger partial charge in [-0.2, -0.15) is 0 Å². The summed E-state index contributed by atoms with van der Waals surface area (Å²) in [6, 6.07) is 12.7. The summed E-state index contributed by atoms with van der Waals surface area (Å²) in [5.41, 5.74) is 2.59. The van der Waals surface area contributed by atoms with Crippen LogP contribution in [0.4, 0.5) is 0 Å². The van der Waals surface area contributed by atoms with Crippen LogP contribution in [0.1, 0.15) is 30.7 Å². The highest BCUT2D eigenvalue weighted by Crippen LogP contribution is 2.11. The summed E-state index contributed by atoms with van der Waals surface area (Å²) in [4.78, 5) is 9.74. The highest BCUT2D eigenvalue weighted by atomic mass is 127. The number of guanidine groups is 1. The predicted molar refractivity (Wildman–Crippen MR) is 130 cm³/mol. The maximum atomic E-state index is 5.36. The molecule has 0 amide bonds. The Morgan fingerprint density at radius 1 is 0.966 bits per heavy atom. The maximum absolute atomic E-state index is 5.36. The molecule has 0 bridgehead atoms. The molecular formula is C22H34IN5O. The van der Waals surface area contributed by atoms with E-state index in [0.717, 1.165) is 44.4 Å². The highest BCUT2D eigenvalue weighted by Gasteiger charge is 2.15. The molecule has 1 fully saturated rings. The van der Waals surface area contributed by atoms with Crippen molar-refractivity contribution in [3.05, 3.63) is 59.5 Å². The lowest BCUT2D eigenvalue weighted by Crippen LogP contribution is -2.45. The Morgan fingerprint density at radius 2 is 1.66 bits per heavy atom. The Morgan fingerprint density at radius 3 is 2.28 bits per heavy atom. The Kier molecular flexibility index (Phi) is 10.5. The molecule has 2 heterocycles. The number of piperazine rings is 1. The summed E-state index contributed by atoms with van der Waals surface area (Å²) in [5, 5.41) is 6.58. The monoisotopic (exact) mass is 511 g/mol. The second-order valence-electron chi connectivity index (χ2n) is 7.15. The molecule has 1 aromatic carbocycles. The normalized spacial score (nSPS) is 15.7. The third-order valence-corrected chi connectivity index (χ3v) is 5.12. The molecule has 0 spiro atoms. The van der Waals surface area contributed by atoms with E-state index < -0.39 is 0 Å². The SMILES string of the molecule is CCNC(=NCc1ccc(CN2CCN(CC)CC2)cc1)NCc1ccco1.I. The molecule has 1 aromatic heterocycles. The second-order valence-corrected chi connectivity index (χ2v) is 7.15. The molecule has 0 unspecified atom stereocenters. The zero-order valence-electron chi connectivity index (χ0n) is 17.6. The first-order chi connectivity index (χ1) is 13.8. The first-order valence-electron chi connectivity index (χ1n) is 10.3. The lowest BCUT2D eigenvalue weighted by Gasteiger charge is -2.34. The van der Waals surface area contributed by atoms with E-state index in [1.165, 1.54) is 24.2 Å². The molecule has 6 nitrogen and oxygen atoms in total. The highest BCUT2D eigenvalue weighted by molar-refractivity contribution is 14.0. The van der Waals surface area contributed by atoms with Crippen LogP contribution in [-0.4, -0.2) is 55.0 Å². The largest absolute Gasteiger partial charge is 0.467 e. The third kappa shape index (κ3) is 7.98. The van der Waals surface area contributed by atoms with Crippen LogP contribution >= 0.6 is 24.0 Å². The number of hydrogen-bond acceptors (Lipinski definition) is 4. The van der Waals surface area contributed by atoms with E-state index in [2.05, 4.69) is 63.5 Å². The van der Waals surface area contributed by atoms with Crippen LogP contribution in [0, 0.1) is 0 Å². The first kappa shape index (κ1) is 23.7. The van der Waals surface area contributed by atoms with Crippen molar-refractivity contribution in [1.82, 2.24) is 20.4 Å². The number of halogens is 1. The van der Waals surface area contributed by atoms with Crippen LogP contribution in [0.2, 0.25) is 0 Å². The van der Waals surface area contributed by atoms with Crippen molar-refractivity contribution in [1.29, 1.82) is 0 Å². The van der Waals surface area contributed by atoms with Gasteiger partial charge in [0.1, 0.15) is 5.76 Å². The lowest BCUT2D eigenvalue weighted by molar-refractivity contribution is 0.132. The molecule has 1 saturated heterocycles. The number of nitrogens with one attached hydrogen (secondary N) is 2. The van der Waals surface area contributed by atoms with Crippen molar-refractivity contribution in [2.75, 3.05) is 39.3 Å². The second kappa shape index (κ2) is 12.9. The van der Waals surface area contributed by atoms with E-state index in [4.69, 9.17) is 4.42 Å². The summed E-state index contributed by atoms with van der Waals surface area (Å²) < 4.78 is 5.36. The molecule has 0 saturated carbocycles. The molecule has 2 N–H and O–H groups in total. The van der Waals surface area contributed by atoms with Crippen LogP contribution in [0.5, 0.6) is 0 Å². The van der Waals surface area contributed by atoms with Crippen LogP contribution < -0.4 is 10.6 Å². The van der Waals surface area contributed by atoms with Crippen LogP contribution in [0.25, 0.3) is 0 Å². The van der Waals surface area contributed by atoms with Gasteiger partial charge in [0.05, 0.1) is 19.4 Å². The third-order valence-electron chi connectivity index (χ3n) is 5.12. The topological polar surface area (TPSA) is 56.0 Å². The van der Waals surface area contributed by atoms with Crippen LogP contribution in [0.15, 0.2) is 52.1 Å². The zero-order valence-corrected chi connectivity index (χ0v) is 19.9. The van der Waals surface area contributed by atoms with Gasteiger partial charge in [-0.3, -0.25) is 4.90 Å². The van der Waals surface area contributed by atoms with Crippen molar-refractivity contribution >= 4 is 29.9 Å². The molecule has 29 heavy (non-hydrogen) atoms. The molecule has 160 valence electrons. The van der Waals surface area contributed by atoms with Crippen LogP contribution in [0.3, 0.4) is 0 Å². The zero-order chi connectivity index (χ0) is 19.6. The van der Waals surface area contributed by atoms with Crippen molar-refractivity contribution in [2.45, 2.75) is 33.5 Å². The fraction of sp³-hybridized carbons (Fsp3) is 0.500. The van der Waals surface area contributed by atoms with Gasteiger partial charge in [-0.05, 0) is 36.7 Å². The van der Waals surface area contributed by atoms with E-state index in [1.54, 1.807) is 6.26 Å². The maximum Gasteiger partial charge on any atom is 0.191 e. The Bertz CT molecular complexity index is 709. The number of aliphatic imine (C=N–C) groups is 1. The van der Waals surface area contributed by atoms with Gasteiger partial charge >= 0.3 is 0 Å². The van der Waals surface area contributed by atoms with E-state index >= 15 is 0 Å². The van der Waals surface area contributed by atoms with Crippen molar-refractivity contribution in [2.24, 2.45) is 4.99 Å². The summed E-state index contributed by atoms with van der Waals surface area (Å²) in [6.45, 7) is 13.3. The molecule has 0 aliphatic carbocycles. The van der Waals surface area contributed by atoms with Crippen molar-refractivity contribution < 1.29 is 4.42 Å². The molecule has 0 atom stereocenters. The average molecular weight is 511 g/mol. The van der Waals surface area contributed by atoms with E-state index in [9.17, 15) is 0 Å². The molecule has 1 aliphatic heterocycles. The van der Waals surface area contributed by atoms with Gasteiger partial charge in [-0.1, -0.05) is 31.2 Å². The van der Waals surface area contributed by atoms with Gasteiger partial charge in [0, 0.05) is 39.3 Å². The number of hydrogen-bond donors (Lipinski definition) is 2. The van der Waals surface area contributed by atoms with E-state index in [0.29, 0.717) is 13.1 Å². The number of rotatable bonds is 8. The lowest BCUT2D eigenvalue weighted by atomic mass is 10.1. The number of benzene rings is 1. The molecule has 0 radical (unpaired) electrons. The minimum Gasteiger partial charge on any atom is -0.467 e. The number of furan rings is 1. The standard InChI is InChI=1S/C22H33N5O.HI/c1-3-23-22(25-17-21-6-5-15-28-21)24-16-19-7-9-20(10-8-19)18-27-13-11-26(4-2)12-14-27;/h5-10,15H,3-4,11-14,16-18H2,1-2H3,(H2,23,24,25);1H. The fourth-order valence-electron chi connectivity index (χ4n) is 3.37. The van der Waals surface area contributed by atoms with Gasteiger partial charge in [0.15, 0.2) is 5.96 Å². The van der Waals surface area contributed by atoms with Gasteiger partial charge < -0.3 is 20.0 Å². The molecule has 3 rings (SSSR count). The molecule has 1 aliphatic rings. The Hall–Kier alpha value is -1.58. The quantitative estimate of drug-likeness (QED) is 0.324. The molecule has 7 heteroatoms. The van der Waals surface area contributed by atoms with Crippen LogP contribution in [-0.2, 0) is 19.6 Å². The smallest absolute Gasteiger partial charge is 0.191 e. The minimum atomic E-state index is 0.